The Kier molecular flexibility index (Phi) is 5.06. The predicted molar refractivity (Wildman–Crippen MR) is 69.8 cm³/mol. The molecular weight excluding hydrogens is 228 g/mol. The van der Waals surface area contributed by atoms with Gasteiger partial charge in [-0.25, -0.2) is 9.59 Å². The van der Waals surface area contributed by atoms with Crippen molar-refractivity contribution in [2.24, 2.45) is 0 Å². The maximum absolute atomic E-state index is 11.5. The van der Waals surface area contributed by atoms with Crippen LogP contribution < -0.4 is 0 Å². The number of hydrogen-bond donors (Lipinski definition) is 0. The van der Waals surface area contributed by atoms with Crippen molar-refractivity contribution in [2.75, 3.05) is 0 Å². The first-order valence-electron chi connectivity index (χ1n) is 5.63. The molecule has 0 amide bonds. The summed E-state index contributed by atoms with van der Waals surface area (Å²) in [5.41, 5.74) is 1.71. The number of hydrogen-bond acceptors (Lipinski definition) is 3. The molecule has 0 bridgehead atoms. The second-order valence-corrected chi connectivity index (χ2v) is 4.03. The van der Waals surface area contributed by atoms with Gasteiger partial charge in [0, 0.05) is 11.1 Å². The predicted octanol–water partition coefficient (Wildman–Crippen LogP) is 2.82. The van der Waals surface area contributed by atoms with Crippen LogP contribution >= 0.6 is 0 Å². The van der Waals surface area contributed by atoms with E-state index in [9.17, 15) is 9.59 Å². The van der Waals surface area contributed by atoms with E-state index in [1.807, 2.05) is 30.3 Å². The van der Waals surface area contributed by atoms with Crippen LogP contribution in [0.5, 0.6) is 0 Å². The third-order valence-corrected chi connectivity index (χ3v) is 2.34. The summed E-state index contributed by atoms with van der Waals surface area (Å²) in [6.07, 6.45) is 2.37. The van der Waals surface area contributed by atoms with Crippen molar-refractivity contribution in [3.05, 3.63) is 59.7 Å². The first-order chi connectivity index (χ1) is 8.50. The molecule has 0 atom stereocenters. The van der Waals surface area contributed by atoms with Gasteiger partial charge in [0.2, 0.25) is 0 Å². The number of carbonyl (C=O) groups excluding carboxylic acids is 2. The molecule has 0 spiro atoms. The van der Waals surface area contributed by atoms with Crippen LogP contribution in [0.1, 0.15) is 19.4 Å². The third kappa shape index (κ3) is 4.37. The summed E-state index contributed by atoms with van der Waals surface area (Å²) in [7, 11) is 0. The second-order valence-electron chi connectivity index (χ2n) is 4.03. The molecule has 0 radical (unpaired) electrons. The Morgan fingerprint density at radius 1 is 1.17 bits per heavy atom. The van der Waals surface area contributed by atoms with Crippen molar-refractivity contribution < 1.29 is 14.3 Å². The summed E-state index contributed by atoms with van der Waals surface area (Å²) >= 11 is 0. The van der Waals surface area contributed by atoms with Crippen molar-refractivity contribution in [1.29, 1.82) is 0 Å². The molecule has 0 aliphatic heterocycles. The minimum Gasteiger partial charge on any atom is -0.386 e. The lowest BCUT2D eigenvalue weighted by molar-refractivity contribution is -0.153. The van der Waals surface area contributed by atoms with Gasteiger partial charge in [-0.05, 0) is 25.8 Å². The monoisotopic (exact) mass is 244 g/mol. The largest absolute Gasteiger partial charge is 0.386 e. The topological polar surface area (TPSA) is 43.4 Å². The molecular formula is C15H16O3. The Balaban J connectivity index is 2.59. The van der Waals surface area contributed by atoms with Crippen LogP contribution in [0.4, 0.5) is 0 Å². The van der Waals surface area contributed by atoms with Crippen LogP contribution in [0.15, 0.2) is 54.1 Å². The molecule has 0 aromatic heterocycles. The molecule has 1 aromatic carbocycles. The first-order valence-corrected chi connectivity index (χ1v) is 5.63. The summed E-state index contributed by atoms with van der Waals surface area (Å²) in [6, 6.07) is 9.73. The van der Waals surface area contributed by atoms with E-state index in [4.69, 9.17) is 0 Å². The van der Waals surface area contributed by atoms with Gasteiger partial charge in [-0.3, -0.25) is 0 Å². The molecule has 0 saturated heterocycles. The van der Waals surface area contributed by atoms with E-state index >= 15 is 0 Å². The Morgan fingerprint density at radius 2 is 1.78 bits per heavy atom. The molecule has 0 heterocycles. The number of rotatable bonds is 4. The van der Waals surface area contributed by atoms with E-state index in [0.717, 1.165) is 5.56 Å². The SMILES string of the molecule is C=C(C)C(=O)OC(=O)C(C)=CCc1ccccc1. The highest BCUT2D eigenvalue weighted by Gasteiger charge is 2.12. The van der Waals surface area contributed by atoms with Crippen molar-refractivity contribution in [3.63, 3.8) is 0 Å². The lowest BCUT2D eigenvalue weighted by Crippen LogP contribution is -2.13. The zero-order valence-corrected chi connectivity index (χ0v) is 10.6. The van der Waals surface area contributed by atoms with Crippen LogP contribution in [-0.2, 0) is 20.7 Å². The standard InChI is InChI=1S/C15H16O3/c1-11(2)14(16)18-15(17)12(3)9-10-13-7-5-4-6-8-13/h4-9H,1,10H2,2-3H3. The molecule has 18 heavy (non-hydrogen) atoms. The zero-order valence-electron chi connectivity index (χ0n) is 10.6. The second kappa shape index (κ2) is 6.55. The summed E-state index contributed by atoms with van der Waals surface area (Å²) in [6.45, 7) is 6.54. The van der Waals surface area contributed by atoms with Gasteiger partial charge in [-0.15, -0.1) is 0 Å². The van der Waals surface area contributed by atoms with Gasteiger partial charge in [0.05, 0.1) is 0 Å². The highest BCUT2D eigenvalue weighted by atomic mass is 16.6. The van der Waals surface area contributed by atoms with Gasteiger partial charge in [-0.1, -0.05) is 43.0 Å². The van der Waals surface area contributed by atoms with Gasteiger partial charge >= 0.3 is 11.9 Å². The van der Waals surface area contributed by atoms with Crippen LogP contribution in [0, 0.1) is 0 Å². The van der Waals surface area contributed by atoms with E-state index in [1.54, 1.807) is 13.0 Å². The summed E-state index contributed by atoms with van der Waals surface area (Å²) in [5.74, 6) is -1.31. The normalized spacial score (nSPS) is 10.9. The zero-order chi connectivity index (χ0) is 13.5. The lowest BCUT2D eigenvalue weighted by atomic mass is 10.1. The van der Waals surface area contributed by atoms with Crippen molar-refractivity contribution >= 4 is 11.9 Å². The molecule has 1 aromatic rings. The maximum Gasteiger partial charge on any atom is 0.341 e. The fourth-order valence-electron chi connectivity index (χ4n) is 1.22. The van der Waals surface area contributed by atoms with E-state index in [2.05, 4.69) is 11.3 Å². The van der Waals surface area contributed by atoms with Crippen LogP contribution in [-0.4, -0.2) is 11.9 Å². The van der Waals surface area contributed by atoms with E-state index in [0.29, 0.717) is 12.0 Å². The quantitative estimate of drug-likeness (QED) is 0.464. The smallest absolute Gasteiger partial charge is 0.341 e. The molecule has 94 valence electrons. The first kappa shape index (κ1) is 13.9. The minimum absolute atomic E-state index is 0.208. The number of esters is 2. The van der Waals surface area contributed by atoms with Crippen molar-refractivity contribution in [3.8, 4) is 0 Å². The van der Waals surface area contributed by atoms with E-state index in [1.165, 1.54) is 6.92 Å². The van der Waals surface area contributed by atoms with Crippen LogP contribution in [0.2, 0.25) is 0 Å². The molecule has 0 unspecified atom stereocenters. The fraction of sp³-hybridized carbons (Fsp3) is 0.200. The molecule has 0 fully saturated rings. The Morgan fingerprint density at radius 3 is 2.33 bits per heavy atom. The van der Waals surface area contributed by atoms with Gasteiger partial charge in [0.1, 0.15) is 0 Å². The molecule has 0 aliphatic carbocycles. The fourth-order valence-corrected chi connectivity index (χ4v) is 1.22. The summed E-state index contributed by atoms with van der Waals surface area (Å²) in [5, 5.41) is 0. The molecule has 3 nitrogen and oxygen atoms in total. The summed E-state index contributed by atoms with van der Waals surface area (Å²) < 4.78 is 4.62. The van der Waals surface area contributed by atoms with Gasteiger partial charge < -0.3 is 4.74 Å². The average Bonchev–Trinajstić information content (AvgIpc) is 2.36. The maximum atomic E-state index is 11.5. The highest BCUT2D eigenvalue weighted by Crippen LogP contribution is 2.05. The third-order valence-electron chi connectivity index (χ3n) is 2.34. The Bertz CT molecular complexity index is 484. The van der Waals surface area contributed by atoms with Crippen molar-refractivity contribution in [2.45, 2.75) is 20.3 Å². The van der Waals surface area contributed by atoms with E-state index < -0.39 is 11.9 Å². The number of ether oxygens (including phenoxy) is 1. The van der Waals surface area contributed by atoms with Gasteiger partial charge in [0.25, 0.3) is 0 Å². The molecule has 0 aliphatic rings. The van der Waals surface area contributed by atoms with E-state index in [-0.39, 0.29) is 5.57 Å². The number of benzene rings is 1. The lowest BCUT2D eigenvalue weighted by Gasteiger charge is -2.02. The minimum atomic E-state index is -0.688. The molecule has 3 heteroatoms. The number of allylic oxidation sites excluding steroid dienone is 1. The van der Waals surface area contributed by atoms with Crippen LogP contribution in [0.3, 0.4) is 0 Å². The van der Waals surface area contributed by atoms with Gasteiger partial charge in [-0.2, -0.15) is 0 Å². The highest BCUT2D eigenvalue weighted by molar-refractivity contribution is 6.01. The molecule has 0 N–H and O–H groups in total. The number of carbonyl (C=O) groups is 2. The Labute approximate surface area is 107 Å². The van der Waals surface area contributed by atoms with Crippen molar-refractivity contribution in [1.82, 2.24) is 0 Å². The summed E-state index contributed by atoms with van der Waals surface area (Å²) in [4.78, 5) is 22.7. The average molecular weight is 244 g/mol. The van der Waals surface area contributed by atoms with Crippen LogP contribution in [0.25, 0.3) is 0 Å². The Hall–Kier alpha value is -2.16. The van der Waals surface area contributed by atoms with Gasteiger partial charge in [0.15, 0.2) is 0 Å². The molecule has 1 rings (SSSR count). The molecule has 0 saturated carbocycles.